The van der Waals surface area contributed by atoms with Gasteiger partial charge in [0.1, 0.15) is 12.1 Å². The van der Waals surface area contributed by atoms with E-state index >= 15 is 0 Å². The fourth-order valence-electron chi connectivity index (χ4n) is 2.60. The van der Waals surface area contributed by atoms with Gasteiger partial charge in [0, 0.05) is 5.69 Å². The second kappa shape index (κ2) is 6.37. The van der Waals surface area contributed by atoms with Gasteiger partial charge < -0.3 is 10.6 Å². The van der Waals surface area contributed by atoms with Gasteiger partial charge in [-0.2, -0.15) is 16.6 Å². The minimum absolute atomic E-state index is 0.401. The molecule has 2 heterocycles. The fraction of sp³-hybridized carbons (Fsp3) is 0.176. The average Bonchev–Trinajstić information content (AvgIpc) is 3.20. The van der Waals surface area contributed by atoms with E-state index in [1.54, 1.807) is 36.6 Å². The van der Waals surface area contributed by atoms with Gasteiger partial charge in [0.05, 0.1) is 11.6 Å². The standard InChI is InChI=1S/C17H14N4O3S/c1-17(12-5-6-25-10-12)15(23)21(16(24)20-17)9-14(22)19-13-4-2-3-11(7-13)8-18/h2-7,10H,9H2,1H3,(H,19,22)(H,20,24)/t17-/m0/s1. The number of nitrogens with zero attached hydrogens (tertiary/aromatic N) is 2. The van der Waals surface area contributed by atoms with Crippen molar-refractivity contribution in [2.45, 2.75) is 12.5 Å². The van der Waals surface area contributed by atoms with Crippen molar-refractivity contribution < 1.29 is 14.4 Å². The highest BCUT2D eigenvalue weighted by atomic mass is 32.1. The van der Waals surface area contributed by atoms with Crippen molar-refractivity contribution in [1.29, 1.82) is 5.26 Å². The van der Waals surface area contributed by atoms with E-state index < -0.39 is 29.9 Å². The minimum Gasteiger partial charge on any atom is -0.324 e. The molecule has 2 aromatic rings. The summed E-state index contributed by atoms with van der Waals surface area (Å²) in [4.78, 5) is 37.9. The van der Waals surface area contributed by atoms with Gasteiger partial charge in [-0.3, -0.25) is 14.5 Å². The molecule has 1 atom stereocenters. The number of imide groups is 1. The Labute approximate surface area is 147 Å². The third-order valence-corrected chi connectivity index (χ3v) is 4.63. The number of nitrogens with one attached hydrogen (secondary N) is 2. The van der Waals surface area contributed by atoms with Crippen LogP contribution in [0.2, 0.25) is 0 Å². The lowest BCUT2D eigenvalue weighted by Crippen LogP contribution is -2.41. The normalized spacial score (nSPS) is 19.4. The molecule has 25 heavy (non-hydrogen) atoms. The van der Waals surface area contributed by atoms with E-state index in [-0.39, 0.29) is 0 Å². The molecule has 1 aliphatic heterocycles. The molecular formula is C17H14N4O3S. The van der Waals surface area contributed by atoms with Crippen LogP contribution in [0.4, 0.5) is 10.5 Å². The number of anilines is 1. The Morgan fingerprint density at radius 1 is 1.40 bits per heavy atom. The summed E-state index contributed by atoms with van der Waals surface area (Å²) in [5, 5.41) is 17.7. The molecule has 126 valence electrons. The first-order valence-corrected chi connectivity index (χ1v) is 8.35. The van der Waals surface area contributed by atoms with Crippen LogP contribution in [-0.4, -0.2) is 29.3 Å². The summed E-state index contributed by atoms with van der Waals surface area (Å²) < 4.78 is 0. The molecule has 1 fully saturated rings. The number of benzene rings is 1. The van der Waals surface area contributed by atoms with Gasteiger partial charge in [0.2, 0.25) is 5.91 Å². The Morgan fingerprint density at radius 2 is 2.20 bits per heavy atom. The van der Waals surface area contributed by atoms with Crippen molar-refractivity contribution in [3.8, 4) is 6.07 Å². The molecule has 1 aliphatic rings. The molecule has 0 radical (unpaired) electrons. The van der Waals surface area contributed by atoms with Crippen LogP contribution < -0.4 is 10.6 Å². The number of thiophene rings is 1. The molecule has 4 amide bonds. The van der Waals surface area contributed by atoms with Crippen molar-refractivity contribution in [1.82, 2.24) is 10.2 Å². The highest BCUT2D eigenvalue weighted by Crippen LogP contribution is 2.30. The van der Waals surface area contributed by atoms with Gasteiger partial charge in [0.25, 0.3) is 5.91 Å². The van der Waals surface area contributed by atoms with Gasteiger partial charge in [-0.15, -0.1) is 0 Å². The third kappa shape index (κ3) is 3.09. The van der Waals surface area contributed by atoms with Crippen LogP contribution in [0.1, 0.15) is 18.1 Å². The molecule has 3 rings (SSSR count). The summed E-state index contributed by atoms with van der Waals surface area (Å²) in [5.74, 6) is -0.995. The summed E-state index contributed by atoms with van der Waals surface area (Å²) in [5.41, 5.74) is 0.341. The smallest absolute Gasteiger partial charge is 0.324 e. The Hall–Kier alpha value is -3.18. The van der Waals surface area contributed by atoms with Gasteiger partial charge >= 0.3 is 6.03 Å². The summed E-state index contributed by atoms with van der Waals surface area (Å²) in [6, 6.07) is 9.51. The fourth-order valence-corrected chi connectivity index (χ4v) is 3.36. The zero-order valence-corrected chi connectivity index (χ0v) is 14.1. The van der Waals surface area contributed by atoms with E-state index in [4.69, 9.17) is 5.26 Å². The van der Waals surface area contributed by atoms with Gasteiger partial charge in [-0.1, -0.05) is 6.07 Å². The largest absolute Gasteiger partial charge is 0.325 e. The number of urea groups is 1. The van der Waals surface area contributed by atoms with Crippen LogP contribution >= 0.6 is 11.3 Å². The second-order valence-electron chi connectivity index (χ2n) is 5.70. The molecule has 1 aromatic heterocycles. The molecule has 2 N–H and O–H groups in total. The minimum atomic E-state index is -1.17. The first kappa shape index (κ1) is 16.7. The first-order valence-electron chi connectivity index (χ1n) is 7.41. The monoisotopic (exact) mass is 354 g/mol. The molecule has 0 bridgehead atoms. The maximum Gasteiger partial charge on any atom is 0.325 e. The van der Waals surface area contributed by atoms with Crippen molar-refractivity contribution in [2.24, 2.45) is 0 Å². The van der Waals surface area contributed by atoms with E-state index in [9.17, 15) is 14.4 Å². The lowest BCUT2D eigenvalue weighted by molar-refractivity contribution is -0.133. The quantitative estimate of drug-likeness (QED) is 0.820. The molecule has 0 unspecified atom stereocenters. The van der Waals surface area contributed by atoms with Crippen LogP contribution in [0.25, 0.3) is 0 Å². The number of nitriles is 1. The highest BCUT2D eigenvalue weighted by Gasteiger charge is 2.49. The highest BCUT2D eigenvalue weighted by molar-refractivity contribution is 7.08. The lowest BCUT2D eigenvalue weighted by atomic mass is 9.95. The van der Waals surface area contributed by atoms with E-state index in [0.29, 0.717) is 16.8 Å². The number of hydrogen-bond acceptors (Lipinski definition) is 5. The second-order valence-corrected chi connectivity index (χ2v) is 6.48. The summed E-state index contributed by atoms with van der Waals surface area (Å²) >= 11 is 1.42. The number of rotatable bonds is 4. The van der Waals surface area contributed by atoms with Crippen molar-refractivity contribution in [2.75, 3.05) is 11.9 Å². The maximum absolute atomic E-state index is 12.6. The zero-order chi connectivity index (χ0) is 18.0. The molecule has 0 saturated carbocycles. The Bertz CT molecular complexity index is 888. The van der Waals surface area contributed by atoms with Gasteiger partial charge in [-0.25, -0.2) is 4.79 Å². The molecule has 7 nitrogen and oxygen atoms in total. The average molecular weight is 354 g/mol. The summed E-state index contributed by atoms with van der Waals surface area (Å²) in [6.07, 6.45) is 0. The summed E-state index contributed by atoms with van der Waals surface area (Å²) in [6.45, 7) is 1.21. The zero-order valence-electron chi connectivity index (χ0n) is 13.3. The predicted molar refractivity (Wildman–Crippen MR) is 91.7 cm³/mol. The van der Waals surface area contributed by atoms with E-state index in [0.717, 1.165) is 4.90 Å². The molecule has 1 aromatic carbocycles. The van der Waals surface area contributed by atoms with E-state index in [1.165, 1.54) is 17.4 Å². The van der Waals surface area contributed by atoms with E-state index in [2.05, 4.69) is 10.6 Å². The van der Waals surface area contributed by atoms with Crippen molar-refractivity contribution in [3.05, 3.63) is 52.2 Å². The number of carbonyl (C=O) groups excluding carboxylic acids is 3. The lowest BCUT2D eigenvalue weighted by Gasteiger charge is -2.20. The molecule has 0 aliphatic carbocycles. The Balaban J connectivity index is 1.72. The van der Waals surface area contributed by atoms with Crippen molar-refractivity contribution in [3.63, 3.8) is 0 Å². The van der Waals surface area contributed by atoms with Gasteiger partial charge in [-0.05, 0) is 47.5 Å². The number of amides is 4. The first-order chi connectivity index (χ1) is 11.9. The van der Waals surface area contributed by atoms with Gasteiger partial charge in [0.15, 0.2) is 0 Å². The maximum atomic E-state index is 12.6. The number of hydrogen-bond donors (Lipinski definition) is 2. The molecule has 0 spiro atoms. The van der Waals surface area contributed by atoms with E-state index in [1.807, 2.05) is 11.4 Å². The third-order valence-electron chi connectivity index (χ3n) is 3.95. The SMILES string of the molecule is C[C@@]1(c2ccsc2)NC(=O)N(CC(=O)Nc2cccc(C#N)c2)C1=O. The topological polar surface area (TPSA) is 102 Å². The molecule has 8 heteroatoms. The number of carbonyl (C=O) groups is 3. The van der Waals surface area contributed by atoms with Crippen molar-refractivity contribution >= 4 is 34.9 Å². The van der Waals surface area contributed by atoms with Crippen LogP contribution in [0.5, 0.6) is 0 Å². The molecule has 1 saturated heterocycles. The van der Waals surface area contributed by atoms with Crippen LogP contribution in [0.3, 0.4) is 0 Å². The van der Waals surface area contributed by atoms with Crippen LogP contribution in [0.15, 0.2) is 41.1 Å². The Kier molecular flexibility index (Phi) is 4.25. The summed E-state index contributed by atoms with van der Waals surface area (Å²) in [7, 11) is 0. The van der Waals surface area contributed by atoms with Crippen LogP contribution in [-0.2, 0) is 15.1 Å². The Morgan fingerprint density at radius 3 is 2.88 bits per heavy atom. The molecular weight excluding hydrogens is 340 g/mol. The van der Waals surface area contributed by atoms with Crippen LogP contribution in [0, 0.1) is 11.3 Å². The predicted octanol–water partition coefficient (Wildman–Crippen LogP) is 2.03.